The van der Waals surface area contributed by atoms with Gasteiger partial charge in [-0.15, -0.1) is 11.3 Å². The number of benzene rings is 2. The van der Waals surface area contributed by atoms with Gasteiger partial charge in [-0.3, -0.25) is 9.78 Å². The summed E-state index contributed by atoms with van der Waals surface area (Å²) in [5, 5.41) is 3.88. The van der Waals surface area contributed by atoms with E-state index in [2.05, 4.69) is 28.5 Å². The second-order valence-electron chi connectivity index (χ2n) is 10.3. The predicted octanol–water partition coefficient (Wildman–Crippen LogP) is 7.55. The molecule has 39 heavy (non-hydrogen) atoms. The fourth-order valence-corrected chi connectivity index (χ4v) is 7.16. The predicted molar refractivity (Wildman–Crippen MR) is 157 cm³/mol. The van der Waals surface area contributed by atoms with E-state index in [1.165, 1.54) is 17.4 Å². The summed E-state index contributed by atoms with van der Waals surface area (Å²) in [4.78, 5) is 21.0. The van der Waals surface area contributed by atoms with E-state index < -0.39 is 5.82 Å². The highest BCUT2D eigenvalue weighted by atomic mass is 35.5. The van der Waals surface area contributed by atoms with E-state index in [-0.39, 0.29) is 17.0 Å². The first kappa shape index (κ1) is 27.6. The molecule has 4 aromatic rings. The quantitative estimate of drug-likeness (QED) is 0.251. The molecule has 1 amide bonds. The Morgan fingerprint density at radius 3 is 2.46 bits per heavy atom. The van der Waals surface area contributed by atoms with Gasteiger partial charge in [-0.05, 0) is 94.1 Å². The van der Waals surface area contributed by atoms with Crippen LogP contribution in [0.25, 0.3) is 21.2 Å². The minimum Gasteiger partial charge on any atom is -0.496 e. The molecule has 0 saturated heterocycles. The number of carbonyl (C=O) groups is 1. The normalized spacial score (nSPS) is 17.4. The molecule has 1 aliphatic carbocycles. The smallest absolute Gasteiger partial charge is 0.266 e. The standard InChI is InChI=1S/C31H33ClFN3O2S/c1-18-14-21(15-19(2)35-18)20-8-13-26(38-4)22(16-20)17-36(24-11-9-23(34-3)10-12-24)31(37)30-29(32)28-25(33)6-5-7-27(28)39-30/h5-8,13-16,23-24,34H,9-12,17H2,1-4H3. The molecular formula is C31H33ClFN3O2S. The van der Waals surface area contributed by atoms with E-state index in [1.54, 1.807) is 19.2 Å². The minimum absolute atomic E-state index is 0.0343. The summed E-state index contributed by atoms with van der Waals surface area (Å²) < 4.78 is 21.1. The van der Waals surface area contributed by atoms with Crippen molar-refractivity contribution in [3.05, 3.63) is 81.2 Å². The van der Waals surface area contributed by atoms with Crippen LogP contribution in [0.5, 0.6) is 5.75 Å². The van der Waals surface area contributed by atoms with Gasteiger partial charge in [-0.1, -0.05) is 23.7 Å². The van der Waals surface area contributed by atoms with Crippen molar-refractivity contribution in [2.24, 2.45) is 0 Å². The van der Waals surface area contributed by atoms with Crippen molar-refractivity contribution in [2.45, 2.75) is 58.2 Å². The van der Waals surface area contributed by atoms with E-state index in [9.17, 15) is 9.18 Å². The van der Waals surface area contributed by atoms with Crippen LogP contribution in [0.2, 0.25) is 5.02 Å². The van der Waals surface area contributed by atoms with Gasteiger partial charge in [-0.25, -0.2) is 4.39 Å². The number of carbonyl (C=O) groups excluding carboxylic acids is 1. The molecule has 0 spiro atoms. The summed E-state index contributed by atoms with van der Waals surface area (Å²) in [7, 11) is 3.63. The largest absolute Gasteiger partial charge is 0.496 e. The van der Waals surface area contributed by atoms with Crippen molar-refractivity contribution in [3.8, 4) is 16.9 Å². The summed E-state index contributed by atoms with van der Waals surface area (Å²) in [6, 6.07) is 15.5. The molecular weight excluding hydrogens is 533 g/mol. The Bertz CT molecular complexity index is 1490. The van der Waals surface area contributed by atoms with Gasteiger partial charge >= 0.3 is 0 Å². The molecule has 8 heteroatoms. The topological polar surface area (TPSA) is 54.5 Å². The molecule has 0 radical (unpaired) electrons. The Hall–Kier alpha value is -3.00. The number of pyridine rings is 1. The third-order valence-electron chi connectivity index (χ3n) is 7.64. The number of amides is 1. The van der Waals surface area contributed by atoms with Crippen LogP contribution in [-0.4, -0.2) is 42.0 Å². The first-order valence-electron chi connectivity index (χ1n) is 13.3. The second kappa shape index (κ2) is 11.6. The van der Waals surface area contributed by atoms with Crippen molar-refractivity contribution in [1.82, 2.24) is 15.2 Å². The minimum atomic E-state index is -0.411. The van der Waals surface area contributed by atoms with Gasteiger partial charge in [0.2, 0.25) is 0 Å². The Kier molecular flexibility index (Phi) is 8.21. The fraction of sp³-hybridized carbons (Fsp3) is 0.355. The zero-order valence-corrected chi connectivity index (χ0v) is 24.3. The van der Waals surface area contributed by atoms with Gasteiger partial charge < -0.3 is 15.0 Å². The molecule has 2 aromatic carbocycles. The SMILES string of the molecule is CNC1CCC(N(Cc2cc(-c3cc(C)nc(C)c3)ccc2OC)C(=O)c2sc3cccc(F)c3c2Cl)CC1. The molecule has 204 valence electrons. The van der Waals surface area contributed by atoms with Gasteiger partial charge in [-0.2, -0.15) is 0 Å². The molecule has 2 aromatic heterocycles. The van der Waals surface area contributed by atoms with E-state index in [4.69, 9.17) is 16.3 Å². The van der Waals surface area contributed by atoms with Crippen molar-refractivity contribution >= 4 is 38.9 Å². The number of ether oxygens (including phenoxy) is 1. The van der Waals surface area contributed by atoms with Gasteiger partial charge in [0.25, 0.3) is 5.91 Å². The molecule has 2 heterocycles. The fourth-order valence-electron chi connectivity index (χ4n) is 5.65. The Labute approximate surface area is 238 Å². The van der Waals surface area contributed by atoms with Crippen molar-refractivity contribution < 1.29 is 13.9 Å². The third-order valence-corrected chi connectivity index (χ3v) is 9.28. The van der Waals surface area contributed by atoms with Crippen LogP contribution in [0, 0.1) is 19.7 Å². The lowest BCUT2D eigenvalue weighted by Crippen LogP contribution is -2.44. The van der Waals surface area contributed by atoms with Crippen molar-refractivity contribution in [1.29, 1.82) is 0 Å². The highest BCUT2D eigenvalue weighted by Crippen LogP contribution is 2.39. The second-order valence-corrected chi connectivity index (χ2v) is 11.7. The lowest BCUT2D eigenvalue weighted by Gasteiger charge is -2.37. The number of rotatable bonds is 7. The maximum atomic E-state index is 14.6. The average Bonchev–Trinajstić information content (AvgIpc) is 3.28. The summed E-state index contributed by atoms with van der Waals surface area (Å²) in [5.74, 6) is 0.138. The monoisotopic (exact) mass is 565 g/mol. The molecule has 0 atom stereocenters. The van der Waals surface area contributed by atoms with Crippen LogP contribution >= 0.6 is 22.9 Å². The van der Waals surface area contributed by atoms with Gasteiger partial charge in [0.15, 0.2) is 0 Å². The summed E-state index contributed by atoms with van der Waals surface area (Å²) in [6.07, 6.45) is 3.71. The molecule has 0 aliphatic heterocycles. The molecule has 5 rings (SSSR count). The highest BCUT2D eigenvalue weighted by molar-refractivity contribution is 7.21. The number of aromatic nitrogens is 1. The lowest BCUT2D eigenvalue weighted by molar-refractivity contribution is 0.0604. The average molecular weight is 566 g/mol. The Balaban J connectivity index is 1.55. The zero-order valence-electron chi connectivity index (χ0n) is 22.7. The third kappa shape index (κ3) is 5.67. The van der Waals surface area contributed by atoms with Crippen LogP contribution in [0.1, 0.15) is 52.3 Å². The number of fused-ring (bicyclic) bond motifs is 1. The van der Waals surface area contributed by atoms with E-state index in [0.29, 0.717) is 27.5 Å². The summed E-state index contributed by atoms with van der Waals surface area (Å²) >= 11 is 7.92. The number of hydrogen-bond acceptors (Lipinski definition) is 5. The van der Waals surface area contributed by atoms with E-state index in [0.717, 1.165) is 59.5 Å². The summed E-state index contributed by atoms with van der Waals surface area (Å²) in [5.41, 5.74) is 4.92. The molecule has 5 nitrogen and oxygen atoms in total. The first-order chi connectivity index (χ1) is 18.8. The van der Waals surface area contributed by atoms with Crippen LogP contribution < -0.4 is 10.1 Å². The van der Waals surface area contributed by atoms with Crippen LogP contribution in [0.4, 0.5) is 4.39 Å². The zero-order chi connectivity index (χ0) is 27.7. The molecule has 0 unspecified atom stereocenters. The lowest BCUT2D eigenvalue weighted by atomic mass is 9.89. The van der Waals surface area contributed by atoms with E-state index in [1.807, 2.05) is 37.9 Å². The van der Waals surface area contributed by atoms with Crippen LogP contribution in [0.15, 0.2) is 48.5 Å². The maximum Gasteiger partial charge on any atom is 0.266 e. The van der Waals surface area contributed by atoms with Crippen LogP contribution in [-0.2, 0) is 6.54 Å². The number of methoxy groups -OCH3 is 1. The Morgan fingerprint density at radius 1 is 1.10 bits per heavy atom. The number of aryl methyl sites for hydroxylation is 2. The molecule has 1 fully saturated rings. The molecule has 0 bridgehead atoms. The maximum absolute atomic E-state index is 14.6. The molecule has 1 N–H and O–H groups in total. The summed E-state index contributed by atoms with van der Waals surface area (Å²) in [6.45, 7) is 4.33. The number of hydrogen-bond donors (Lipinski definition) is 1. The van der Waals surface area contributed by atoms with E-state index >= 15 is 0 Å². The van der Waals surface area contributed by atoms with Crippen molar-refractivity contribution in [3.63, 3.8) is 0 Å². The van der Waals surface area contributed by atoms with Gasteiger partial charge in [0.05, 0.1) is 12.1 Å². The van der Waals surface area contributed by atoms with Gasteiger partial charge in [0.1, 0.15) is 16.4 Å². The number of nitrogens with one attached hydrogen (secondary N) is 1. The first-order valence-corrected chi connectivity index (χ1v) is 14.5. The van der Waals surface area contributed by atoms with Crippen LogP contribution in [0.3, 0.4) is 0 Å². The molecule has 1 saturated carbocycles. The number of halogens is 2. The van der Waals surface area contributed by atoms with Crippen molar-refractivity contribution in [2.75, 3.05) is 14.2 Å². The Morgan fingerprint density at radius 2 is 1.82 bits per heavy atom. The number of thiophene rings is 1. The number of nitrogens with zero attached hydrogens (tertiary/aromatic N) is 2. The molecule has 1 aliphatic rings. The van der Waals surface area contributed by atoms with Gasteiger partial charge in [0, 0.05) is 45.7 Å². The highest BCUT2D eigenvalue weighted by Gasteiger charge is 2.32.